The maximum Gasteiger partial charge on any atom is 0.303 e. The minimum atomic E-state index is -4.75. The smallest absolute Gasteiger partial charge is 0.303 e. The van der Waals surface area contributed by atoms with Crippen molar-refractivity contribution in [2.45, 2.75) is 83.3 Å². The minimum Gasteiger partial charge on any atom is -0.463 e. The van der Waals surface area contributed by atoms with Crippen molar-refractivity contribution in [3.63, 3.8) is 0 Å². The third-order valence-corrected chi connectivity index (χ3v) is 8.92. The zero-order valence-corrected chi connectivity index (χ0v) is 26.7. The number of carbonyl (C=O) groups is 4. The van der Waals surface area contributed by atoms with E-state index in [1.807, 2.05) is 32.9 Å². The van der Waals surface area contributed by atoms with Gasteiger partial charge < -0.3 is 23.7 Å². The zero-order valence-electron chi connectivity index (χ0n) is 25.9. The molecule has 4 rings (SSSR count). The molecule has 1 aliphatic heterocycles. The van der Waals surface area contributed by atoms with Gasteiger partial charge in [0.1, 0.15) is 18.4 Å². The van der Waals surface area contributed by atoms with Gasteiger partial charge in [-0.25, -0.2) is 8.42 Å². The lowest BCUT2D eigenvalue weighted by molar-refractivity contribution is -0.238. The van der Waals surface area contributed by atoms with Crippen LogP contribution in [0.1, 0.15) is 44.4 Å². The molecule has 1 aliphatic rings. The Kier molecular flexibility index (Phi) is 9.88. The van der Waals surface area contributed by atoms with E-state index >= 15 is 0 Å². The molecule has 5 atom stereocenters. The minimum absolute atomic E-state index is 0.203. The Labute approximate surface area is 260 Å². The highest BCUT2D eigenvalue weighted by Crippen LogP contribution is 2.38. The first kappa shape index (κ1) is 33.5. The molecule has 3 aromatic rings. The molecule has 0 amide bonds. The molecule has 240 valence electrons. The molecule has 2 heterocycles. The predicted molar refractivity (Wildman–Crippen MR) is 158 cm³/mol. The molecule has 0 saturated carbocycles. The Morgan fingerprint density at radius 3 is 1.84 bits per heavy atom. The van der Waals surface area contributed by atoms with Crippen molar-refractivity contribution in [3.05, 3.63) is 53.1 Å². The van der Waals surface area contributed by atoms with Crippen LogP contribution in [-0.2, 0) is 52.7 Å². The number of hydrogen-bond acceptors (Lipinski definition) is 13. The standard InChI is InChI=1S/C31H34N2O11S/c1-15-12-16(2)25(17(3)13-15)26-22-10-8-9-11-23(22)30(33-32-26)45(38,39)31-29(43-21(7)37)28(42-20(6)36)27(41-19(5)35)24(44-31)14-40-18(4)34/h8-13,24,27-29,31H,14H2,1-7H3/t24-,27-,28+,29-,31+/m1/s1. The van der Waals surface area contributed by atoms with E-state index in [1.165, 1.54) is 0 Å². The summed E-state index contributed by atoms with van der Waals surface area (Å²) in [6, 6.07) is 10.6. The largest absolute Gasteiger partial charge is 0.463 e. The van der Waals surface area contributed by atoms with E-state index in [0.29, 0.717) is 11.1 Å². The molecule has 14 heteroatoms. The van der Waals surface area contributed by atoms with Gasteiger partial charge in [0.25, 0.3) is 0 Å². The number of hydrogen-bond donors (Lipinski definition) is 0. The second-order valence-corrected chi connectivity index (χ2v) is 12.7. The Hall–Kier alpha value is -4.43. The van der Waals surface area contributed by atoms with Gasteiger partial charge in [0, 0.05) is 44.0 Å². The van der Waals surface area contributed by atoms with Crippen LogP contribution in [0.4, 0.5) is 0 Å². The lowest BCUT2D eigenvalue weighted by Crippen LogP contribution is -2.64. The summed E-state index contributed by atoms with van der Waals surface area (Å²) >= 11 is 0. The Bertz CT molecular complexity index is 1750. The maximum atomic E-state index is 14.5. The zero-order chi connectivity index (χ0) is 33.2. The molecular formula is C31H34N2O11S. The monoisotopic (exact) mass is 642 g/mol. The van der Waals surface area contributed by atoms with E-state index in [0.717, 1.165) is 49.9 Å². The van der Waals surface area contributed by atoms with E-state index in [4.69, 9.17) is 23.7 Å². The lowest BCUT2D eigenvalue weighted by Gasteiger charge is -2.43. The van der Waals surface area contributed by atoms with Crippen LogP contribution in [-0.4, -0.2) is 79.0 Å². The molecule has 0 bridgehead atoms. The van der Waals surface area contributed by atoms with Gasteiger partial charge in [0.05, 0.1) is 0 Å². The molecule has 45 heavy (non-hydrogen) atoms. The number of aromatic nitrogens is 2. The maximum absolute atomic E-state index is 14.5. The van der Waals surface area contributed by atoms with E-state index < -0.39 is 75.2 Å². The van der Waals surface area contributed by atoms with E-state index in [2.05, 4.69) is 10.2 Å². The Balaban J connectivity index is 1.93. The van der Waals surface area contributed by atoms with Crippen LogP contribution >= 0.6 is 0 Å². The SMILES string of the molecule is CC(=O)OC[C@H]1O[C@@H](S(=O)(=O)c2nnc(-c3c(C)cc(C)cc3C)c3ccccc23)[C@H](OC(C)=O)[C@@H](OC(C)=O)[C@@H]1OC(C)=O. The molecular weight excluding hydrogens is 608 g/mol. The van der Waals surface area contributed by atoms with E-state index in [-0.39, 0.29) is 5.39 Å². The second kappa shape index (κ2) is 13.3. The summed E-state index contributed by atoms with van der Waals surface area (Å²) in [6.07, 6.45) is -6.46. The first-order valence-corrected chi connectivity index (χ1v) is 15.5. The Morgan fingerprint density at radius 2 is 1.29 bits per heavy atom. The van der Waals surface area contributed by atoms with Gasteiger partial charge in [0.2, 0.25) is 15.3 Å². The number of fused-ring (bicyclic) bond motifs is 1. The molecule has 0 radical (unpaired) electrons. The molecule has 13 nitrogen and oxygen atoms in total. The van der Waals surface area contributed by atoms with Gasteiger partial charge in [-0.1, -0.05) is 42.0 Å². The molecule has 0 N–H and O–H groups in total. The first-order chi connectivity index (χ1) is 21.1. The average molecular weight is 643 g/mol. The van der Waals surface area contributed by atoms with Crippen molar-refractivity contribution < 1.29 is 51.3 Å². The molecule has 1 saturated heterocycles. The fourth-order valence-electron chi connectivity index (χ4n) is 5.58. The van der Waals surface area contributed by atoms with Crippen molar-refractivity contribution in [1.82, 2.24) is 10.2 Å². The summed E-state index contributed by atoms with van der Waals surface area (Å²) in [5.41, 5.74) is 2.09. The normalized spacial score (nSPS) is 21.5. The van der Waals surface area contributed by atoms with Crippen molar-refractivity contribution in [1.29, 1.82) is 0 Å². The fourth-order valence-corrected chi connectivity index (χ4v) is 7.29. The fraction of sp³-hybridized carbons (Fsp3) is 0.419. The average Bonchev–Trinajstić information content (AvgIpc) is 2.92. The number of benzene rings is 2. The molecule has 0 unspecified atom stereocenters. The van der Waals surface area contributed by atoms with E-state index in [1.54, 1.807) is 24.3 Å². The highest BCUT2D eigenvalue weighted by molar-refractivity contribution is 7.92. The quantitative estimate of drug-likeness (QED) is 0.259. The number of sulfone groups is 1. The summed E-state index contributed by atoms with van der Waals surface area (Å²) in [5.74, 6) is -3.40. The number of ether oxygens (including phenoxy) is 5. The van der Waals surface area contributed by atoms with Gasteiger partial charge in [-0.15, -0.1) is 10.2 Å². The topological polar surface area (TPSA) is 174 Å². The van der Waals surface area contributed by atoms with Crippen molar-refractivity contribution in [2.75, 3.05) is 6.61 Å². The number of carbonyl (C=O) groups excluding carboxylic acids is 4. The number of nitrogens with zero attached hydrogens (tertiary/aromatic N) is 2. The van der Waals surface area contributed by atoms with Crippen LogP contribution in [0.25, 0.3) is 22.0 Å². The van der Waals surface area contributed by atoms with Crippen molar-refractivity contribution in [3.8, 4) is 11.3 Å². The third kappa shape index (κ3) is 7.12. The van der Waals surface area contributed by atoms with Crippen LogP contribution < -0.4 is 0 Å². The van der Waals surface area contributed by atoms with Gasteiger partial charge >= 0.3 is 23.9 Å². The van der Waals surface area contributed by atoms with Crippen molar-refractivity contribution >= 4 is 44.5 Å². The summed E-state index contributed by atoms with van der Waals surface area (Å²) in [6.45, 7) is 9.49. The summed E-state index contributed by atoms with van der Waals surface area (Å²) in [5, 5.41) is 8.71. The third-order valence-electron chi connectivity index (χ3n) is 7.09. The van der Waals surface area contributed by atoms with Crippen molar-refractivity contribution in [2.24, 2.45) is 0 Å². The molecule has 1 aromatic heterocycles. The molecule has 0 spiro atoms. The molecule has 0 aliphatic carbocycles. The number of esters is 4. The van der Waals surface area contributed by atoms with Crippen LogP contribution in [0.15, 0.2) is 41.4 Å². The van der Waals surface area contributed by atoms with Crippen LogP contribution in [0.5, 0.6) is 0 Å². The predicted octanol–water partition coefficient (Wildman–Crippen LogP) is 3.08. The van der Waals surface area contributed by atoms with Gasteiger partial charge in [-0.2, -0.15) is 0 Å². The van der Waals surface area contributed by atoms with Crippen LogP contribution in [0, 0.1) is 20.8 Å². The second-order valence-electron chi connectivity index (χ2n) is 10.8. The van der Waals surface area contributed by atoms with E-state index in [9.17, 15) is 27.6 Å². The highest BCUT2D eigenvalue weighted by Gasteiger charge is 2.57. The summed E-state index contributed by atoms with van der Waals surface area (Å²) in [7, 11) is -4.75. The van der Waals surface area contributed by atoms with Crippen LogP contribution in [0.3, 0.4) is 0 Å². The molecule has 2 aromatic carbocycles. The number of aryl methyl sites for hydroxylation is 3. The van der Waals surface area contributed by atoms with Gasteiger partial charge in [-0.3, -0.25) is 19.2 Å². The lowest BCUT2D eigenvalue weighted by atomic mass is 9.95. The van der Waals surface area contributed by atoms with Gasteiger partial charge in [0.15, 0.2) is 23.3 Å². The van der Waals surface area contributed by atoms with Crippen LogP contribution in [0.2, 0.25) is 0 Å². The first-order valence-electron chi connectivity index (χ1n) is 14.0. The Morgan fingerprint density at radius 1 is 0.756 bits per heavy atom. The summed E-state index contributed by atoms with van der Waals surface area (Å²) < 4.78 is 56.1. The van der Waals surface area contributed by atoms with Gasteiger partial charge in [-0.05, 0) is 31.9 Å². The summed E-state index contributed by atoms with van der Waals surface area (Å²) in [4.78, 5) is 48.2. The number of rotatable bonds is 8. The highest BCUT2D eigenvalue weighted by atomic mass is 32.2. The molecule has 1 fully saturated rings.